The standard InChI is InChI=1S/C20H21ClFNO3/c1-3-14(15-7-5-4-6-8-15)12-23-19(24)13(2)26-20(25)17-10-9-16(21)11-18(17)22/h4-11,13-14H,3,12H2,1-2H3,(H,23,24)/t13-,14-/m1/s1. The third-order valence-electron chi connectivity index (χ3n) is 4.09. The molecule has 0 radical (unpaired) electrons. The molecule has 0 aliphatic rings. The van der Waals surface area contributed by atoms with Gasteiger partial charge in [0.05, 0.1) is 5.56 Å². The molecule has 2 aromatic carbocycles. The fourth-order valence-electron chi connectivity index (χ4n) is 2.52. The minimum atomic E-state index is -1.04. The molecule has 138 valence electrons. The number of nitrogens with one attached hydrogen (secondary N) is 1. The maximum atomic E-state index is 13.8. The van der Waals surface area contributed by atoms with Crippen molar-refractivity contribution >= 4 is 23.5 Å². The van der Waals surface area contributed by atoms with E-state index in [1.807, 2.05) is 37.3 Å². The van der Waals surface area contributed by atoms with Crippen LogP contribution in [-0.4, -0.2) is 24.5 Å². The Hall–Kier alpha value is -2.40. The van der Waals surface area contributed by atoms with Gasteiger partial charge in [0.25, 0.3) is 5.91 Å². The quantitative estimate of drug-likeness (QED) is 0.730. The Kier molecular flexibility index (Phi) is 7.16. The number of benzene rings is 2. The third kappa shape index (κ3) is 5.30. The number of ether oxygens (including phenoxy) is 1. The number of carbonyl (C=O) groups is 2. The van der Waals surface area contributed by atoms with Crippen molar-refractivity contribution in [1.29, 1.82) is 0 Å². The number of carbonyl (C=O) groups excluding carboxylic acids is 2. The molecule has 0 aliphatic carbocycles. The van der Waals surface area contributed by atoms with Gasteiger partial charge in [0.2, 0.25) is 0 Å². The SMILES string of the molecule is CC[C@H](CNC(=O)[C@@H](C)OC(=O)c1ccc(Cl)cc1F)c1ccccc1. The summed E-state index contributed by atoms with van der Waals surface area (Å²) < 4.78 is 18.8. The van der Waals surface area contributed by atoms with E-state index in [0.29, 0.717) is 6.54 Å². The van der Waals surface area contributed by atoms with E-state index >= 15 is 0 Å². The first-order valence-corrected chi connectivity index (χ1v) is 8.78. The molecule has 26 heavy (non-hydrogen) atoms. The molecule has 1 amide bonds. The molecule has 0 heterocycles. The van der Waals surface area contributed by atoms with E-state index < -0.39 is 23.8 Å². The maximum absolute atomic E-state index is 13.8. The van der Waals surface area contributed by atoms with Crippen molar-refractivity contribution in [3.05, 3.63) is 70.5 Å². The fourth-order valence-corrected chi connectivity index (χ4v) is 2.68. The largest absolute Gasteiger partial charge is 0.449 e. The monoisotopic (exact) mass is 377 g/mol. The molecule has 0 saturated heterocycles. The summed E-state index contributed by atoms with van der Waals surface area (Å²) in [7, 11) is 0. The fraction of sp³-hybridized carbons (Fsp3) is 0.300. The first-order valence-electron chi connectivity index (χ1n) is 8.41. The van der Waals surface area contributed by atoms with E-state index in [1.165, 1.54) is 19.1 Å². The predicted octanol–water partition coefficient (Wildman–Crippen LogP) is 4.33. The van der Waals surface area contributed by atoms with Crippen LogP contribution in [-0.2, 0) is 9.53 Å². The van der Waals surface area contributed by atoms with Gasteiger partial charge in [0, 0.05) is 17.5 Å². The van der Waals surface area contributed by atoms with Crippen LogP contribution >= 0.6 is 11.6 Å². The molecule has 6 heteroatoms. The van der Waals surface area contributed by atoms with E-state index in [1.54, 1.807) is 0 Å². The molecule has 0 saturated carbocycles. The highest BCUT2D eigenvalue weighted by Gasteiger charge is 2.22. The van der Waals surface area contributed by atoms with Crippen molar-refractivity contribution in [3.8, 4) is 0 Å². The zero-order valence-corrected chi connectivity index (χ0v) is 15.4. The number of amides is 1. The Morgan fingerprint density at radius 2 is 1.88 bits per heavy atom. The van der Waals surface area contributed by atoms with Gasteiger partial charge in [-0.1, -0.05) is 48.9 Å². The lowest BCUT2D eigenvalue weighted by Gasteiger charge is -2.18. The minimum Gasteiger partial charge on any atom is -0.449 e. The Morgan fingerprint density at radius 1 is 1.19 bits per heavy atom. The first-order chi connectivity index (χ1) is 12.4. The summed E-state index contributed by atoms with van der Waals surface area (Å²) >= 11 is 5.66. The van der Waals surface area contributed by atoms with Crippen molar-refractivity contribution in [1.82, 2.24) is 5.32 Å². The molecule has 0 fully saturated rings. The van der Waals surface area contributed by atoms with E-state index in [9.17, 15) is 14.0 Å². The van der Waals surface area contributed by atoms with Crippen LogP contribution in [0, 0.1) is 5.82 Å². The summed E-state index contributed by atoms with van der Waals surface area (Å²) in [5, 5.41) is 2.96. The number of hydrogen-bond acceptors (Lipinski definition) is 3. The molecule has 2 atom stereocenters. The summed E-state index contributed by atoms with van der Waals surface area (Å²) in [6.45, 7) is 3.91. The second-order valence-electron chi connectivity index (χ2n) is 5.93. The molecule has 0 unspecified atom stereocenters. The van der Waals surface area contributed by atoms with E-state index in [4.69, 9.17) is 16.3 Å². The zero-order chi connectivity index (χ0) is 19.1. The highest BCUT2D eigenvalue weighted by molar-refractivity contribution is 6.30. The average Bonchev–Trinajstić information content (AvgIpc) is 2.62. The molecule has 4 nitrogen and oxygen atoms in total. The lowest BCUT2D eigenvalue weighted by Crippen LogP contribution is -2.38. The molecule has 0 spiro atoms. The number of esters is 1. The van der Waals surface area contributed by atoms with Crippen molar-refractivity contribution in [2.24, 2.45) is 0 Å². The van der Waals surface area contributed by atoms with Crippen molar-refractivity contribution in [2.75, 3.05) is 6.54 Å². The van der Waals surface area contributed by atoms with Crippen LogP contribution in [0.4, 0.5) is 4.39 Å². The first kappa shape index (κ1) is 19.9. The van der Waals surface area contributed by atoms with Crippen LogP contribution in [0.1, 0.15) is 42.1 Å². The molecular weight excluding hydrogens is 357 g/mol. The summed E-state index contributed by atoms with van der Waals surface area (Å²) in [6.07, 6.45) is -0.181. The second kappa shape index (κ2) is 9.34. The van der Waals surface area contributed by atoms with Crippen LogP contribution < -0.4 is 5.32 Å². The summed E-state index contributed by atoms with van der Waals surface area (Å²) in [4.78, 5) is 24.2. The van der Waals surface area contributed by atoms with Crippen molar-refractivity contribution < 1.29 is 18.7 Å². The Bertz CT molecular complexity index is 767. The highest BCUT2D eigenvalue weighted by Crippen LogP contribution is 2.18. The van der Waals surface area contributed by atoms with E-state index in [0.717, 1.165) is 18.1 Å². The van der Waals surface area contributed by atoms with Crippen LogP contribution in [0.3, 0.4) is 0 Å². The van der Waals surface area contributed by atoms with Gasteiger partial charge in [0.1, 0.15) is 5.82 Å². The molecule has 0 bridgehead atoms. The molecular formula is C20H21ClFNO3. The molecule has 1 N–H and O–H groups in total. The number of hydrogen-bond donors (Lipinski definition) is 1. The topological polar surface area (TPSA) is 55.4 Å². The Labute approximate surface area is 157 Å². The van der Waals surface area contributed by atoms with Gasteiger partial charge in [0.15, 0.2) is 6.10 Å². The molecule has 2 aromatic rings. The molecule has 0 aliphatic heterocycles. The van der Waals surface area contributed by atoms with Crippen LogP contribution in [0.25, 0.3) is 0 Å². The average molecular weight is 378 g/mol. The van der Waals surface area contributed by atoms with Crippen LogP contribution in [0.5, 0.6) is 0 Å². The van der Waals surface area contributed by atoms with Gasteiger partial charge in [-0.15, -0.1) is 0 Å². The third-order valence-corrected chi connectivity index (χ3v) is 4.33. The number of rotatable bonds is 7. The van der Waals surface area contributed by atoms with Gasteiger partial charge >= 0.3 is 5.97 Å². The van der Waals surface area contributed by atoms with Gasteiger partial charge in [-0.05, 0) is 37.1 Å². The van der Waals surface area contributed by atoms with Crippen molar-refractivity contribution in [2.45, 2.75) is 32.3 Å². The van der Waals surface area contributed by atoms with Crippen molar-refractivity contribution in [3.63, 3.8) is 0 Å². The van der Waals surface area contributed by atoms with Gasteiger partial charge in [-0.2, -0.15) is 0 Å². The van der Waals surface area contributed by atoms with E-state index in [-0.39, 0.29) is 16.5 Å². The normalized spacial score (nSPS) is 12.9. The molecule has 0 aromatic heterocycles. The lowest BCUT2D eigenvalue weighted by atomic mass is 9.96. The Balaban J connectivity index is 1.91. The smallest absolute Gasteiger partial charge is 0.341 e. The second-order valence-corrected chi connectivity index (χ2v) is 6.37. The maximum Gasteiger partial charge on any atom is 0.341 e. The summed E-state index contributed by atoms with van der Waals surface area (Å²) in [5.41, 5.74) is 0.868. The Morgan fingerprint density at radius 3 is 2.50 bits per heavy atom. The summed E-state index contributed by atoms with van der Waals surface area (Å²) in [6, 6.07) is 13.5. The summed E-state index contributed by atoms with van der Waals surface area (Å²) in [5.74, 6) is -1.96. The predicted molar refractivity (Wildman–Crippen MR) is 98.8 cm³/mol. The van der Waals surface area contributed by atoms with Gasteiger partial charge in [-0.3, -0.25) is 4.79 Å². The minimum absolute atomic E-state index is 0.164. The van der Waals surface area contributed by atoms with Gasteiger partial charge in [-0.25, -0.2) is 9.18 Å². The van der Waals surface area contributed by atoms with Crippen LogP contribution in [0.15, 0.2) is 48.5 Å². The van der Waals surface area contributed by atoms with Gasteiger partial charge < -0.3 is 10.1 Å². The number of halogens is 2. The van der Waals surface area contributed by atoms with Crippen LogP contribution in [0.2, 0.25) is 5.02 Å². The zero-order valence-electron chi connectivity index (χ0n) is 14.7. The van der Waals surface area contributed by atoms with E-state index in [2.05, 4.69) is 5.32 Å². The lowest BCUT2D eigenvalue weighted by molar-refractivity contribution is -0.129. The highest BCUT2D eigenvalue weighted by atomic mass is 35.5. The molecule has 2 rings (SSSR count).